The Labute approximate surface area is 193 Å². The topological polar surface area (TPSA) is 83.9 Å². The molecule has 0 unspecified atom stereocenters. The Morgan fingerprint density at radius 2 is 2.03 bits per heavy atom. The summed E-state index contributed by atoms with van der Waals surface area (Å²) < 4.78 is 25.7. The van der Waals surface area contributed by atoms with Gasteiger partial charge in [0.1, 0.15) is 5.82 Å². The molecule has 4 atom stereocenters. The van der Waals surface area contributed by atoms with Crippen molar-refractivity contribution < 1.29 is 23.8 Å². The minimum atomic E-state index is -0.608. The summed E-state index contributed by atoms with van der Waals surface area (Å²) in [5.41, 5.74) is 1.99. The van der Waals surface area contributed by atoms with Crippen LogP contribution in [-0.4, -0.2) is 71.6 Å². The summed E-state index contributed by atoms with van der Waals surface area (Å²) in [4.78, 5) is 18.6. The first-order valence-electron chi connectivity index (χ1n) is 11.6. The van der Waals surface area contributed by atoms with Gasteiger partial charge in [-0.1, -0.05) is 12.1 Å². The number of amides is 1. The van der Waals surface area contributed by atoms with Crippen LogP contribution in [-0.2, 0) is 27.2 Å². The molecule has 7 nitrogen and oxygen atoms in total. The van der Waals surface area contributed by atoms with Crippen LogP contribution in [0.2, 0.25) is 0 Å². The predicted octanol–water partition coefficient (Wildman–Crippen LogP) is 2.08. The first-order chi connectivity index (χ1) is 16.1. The molecule has 2 aliphatic rings. The molecule has 1 aromatic carbocycles. The second-order valence-corrected chi connectivity index (χ2v) is 8.85. The Kier molecular flexibility index (Phi) is 8.39. The quantitative estimate of drug-likeness (QED) is 0.663. The maximum Gasteiger partial charge on any atom is 0.222 e. The summed E-state index contributed by atoms with van der Waals surface area (Å²) in [6.45, 7) is 2.12. The number of nitrogens with one attached hydrogen (secondary N) is 1. The first-order valence-corrected chi connectivity index (χ1v) is 11.6. The maximum atomic E-state index is 13.7. The van der Waals surface area contributed by atoms with Crippen LogP contribution in [0.1, 0.15) is 30.4 Å². The lowest BCUT2D eigenvalue weighted by Crippen LogP contribution is -2.55. The van der Waals surface area contributed by atoms with Crippen LogP contribution in [0.4, 0.5) is 4.39 Å². The number of aliphatic hydroxyl groups is 1. The molecule has 2 N–H and O–H groups in total. The molecule has 3 heterocycles. The van der Waals surface area contributed by atoms with Gasteiger partial charge >= 0.3 is 0 Å². The summed E-state index contributed by atoms with van der Waals surface area (Å²) in [5, 5.41) is 13.3. The second-order valence-electron chi connectivity index (χ2n) is 8.85. The zero-order chi connectivity index (χ0) is 23.0. The van der Waals surface area contributed by atoms with Gasteiger partial charge in [0.15, 0.2) is 0 Å². The number of fused-ring (bicyclic) bond motifs is 1. The standard InChI is InChI=1S/C25H32FN3O4/c26-20-3-1-2-19(12-20)14-29-15-21(30)16-32-17-24-23(29)5-4-22(33-24)13-25(31)28-11-8-18-6-9-27-10-7-18/h1-3,6-7,9-10,12,21-24,30H,4-5,8,11,13-17H2,(H,28,31)/t21-,22+,23+,24-/m1/s1. The highest BCUT2D eigenvalue weighted by Crippen LogP contribution is 2.28. The number of nitrogens with zero attached hydrogens (tertiary/aromatic N) is 2. The van der Waals surface area contributed by atoms with Gasteiger partial charge < -0.3 is 19.9 Å². The highest BCUT2D eigenvalue weighted by Gasteiger charge is 2.38. The lowest BCUT2D eigenvalue weighted by Gasteiger charge is -2.44. The minimum absolute atomic E-state index is 0.0219. The minimum Gasteiger partial charge on any atom is -0.389 e. The zero-order valence-corrected chi connectivity index (χ0v) is 18.7. The molecule has 2 fully saturated rings. The van der Waals surface area contributed by atoms with E-state index in [-0.39, 0.29) is 36.6 Å². The fraction of sp³-hybridized carbons (Fsp3) is 0.520. The van der Waals surface area contributed by atoms with Gasteiger partial charge in [-0.05, 0) is 54.7 Å². The van der Waals surface area contributed by atoms with E-state index in [9.17, 15) is 14.3 Å². The van der Waals surface area contributed by atoms with Gasteiger partial charge in [-0.15, -0.1) is 0 Å². The fourth-order valence-corrected chi connectivity index (χ4v) is 4.67. The van der Waals surface area contributed by atoms with E-state index in [1.807, 2.05) is 18.2 Å². The van der Waals surface area contributed by atoms with Gasteiger partial charge in [0.25, 0.3) is 0 Å². The normalized spacial score (nSPS) is 26.1. The number of hydrogen-bond acceptors (Lipinski definition) is 6. The summed E-state index contributed by atoms with van der Waals surface area (Å²) in [7, 11) is 0. The third-order valence-corrected chi connectivity index (χ3v) is 6.26. The van der Waals surface area contributed by atoms with E-state index in [0.29, 0.717) is 32.7 Å². The van der Waals surface area contributed by atoms with Crippen molar-refractivity contribution in [2.45, 2.75) is 56.6 Å². The number of halogens is 1. The number of carbonyl (C=O) groups excluding carboxylic acids is 1. The molecule has 1 aromatic heterocycles. The van der Waals surface area contributed by atoms with E-state index in [4.69, 9.17) is 9.47 Å². The third-order valence-electron chi connectivity index (χ3n) is 6.26. The molecule has 0 aliphatic carbocycles. The lowest BCUT2D eigenvalue weighted by atomic mass is 9.94. The Hall–Kier alpha value is -2.39. The van der Waals surface area contributed by atoms with Crippen LogP contribution in [0.3, 0.4) is 0 Å². The average Bonchev–Trinajstić information content (AvgIpc) is 2.79. The first kappa shape index (κ1) is 23.8. The molecular weight excluding hydrogens is 425 g/mol. The molecule has 2 saturated heterocycles. The van der Waals surface area contributed by atoms with E-state index in [0.717, 1.165) is 30.4 Å². The van der Waals surface area contributed by atoms with E-state index in [1.54, 1.807) is 18.5 Å². The summed E-state index contributed by atoms with van der Waals surface area (Å²) in [6, 6.07) is 10.5. The van der Waals surface area contributed by atoms with Gasteiger partial charge in [-0.2, -0.15) is 0 Å². The number of aromatic nitrogens is 1. The number of β-amino-alcohol motifs (C(OH)–C–C–N with tert-alkyl or cyclic N) is 1. The summed E-state index contributed by atoms with van der Waals surface area (Å²) >= 11 is 0. The van der Waals surface area contributed by atoms with Crippen molar-refractivity contribution in [3.8, 4) is 0 Å². The van der Waals surface area contributed by atoms with E-state index in [1.165, 1.54) is 12.1 Å². The summed E-state index contributed by atoms with van der Waals surface area (Å²) in [6.07, 6.45) is 5.16. The molecule has 178 valence electrons. The molecule has 0 bridgehead atoms. The molecule has 1 amide bonds. The molecule has 4 rings (SSSR count). The van der Waals surface area contributed by atoms with E-state index < -0.39 is 6.10 Å². The number of carbonyl (C=O) groups is 1. The van der Waals surface area contributed by atoms with Gasteiger partial charge in [0, 0.05) is 38.1 Å². The Bertz CT molecular complexity index is 900. The smallest absolute Gasteiger partial charge is 0.222 e. The average molecular weight is 458 g/mol. The second kappa shape index (κ2) is 11.7. The monoisotopic (exact) mass is 457 g/mol. The predicted molar refractivity (Wildman–Crippen MR) is 121 cm³/mol. The van der Waals surface area contributed by atoms with Crippen molar-refractivity contribution >= 4 is 5.91 Å². The molecule has 0 spiro atoms. The Morgan fingerprint density at radius 1 is 1.18 bits per heavy atom. The fourth-order valence-electron chi connectivity index (χ4n) is 4.67. The molecule has 2 aromatic rings. The number of aliphatic hydroxyl groups excluding tert-OH is 1. The van der Waals surface area contributed by atoms with Crippen LogP contribution in [0.25, 0.3) is 0 Å². The van der Waals surface area contributed by atoms with Crippen molar-refractivity contribution in [3.05, 3.63) is 65.7 Å². The third kappa shape index (κ3) is 7.04. The number of rotatable bonds is 7. The Morgan fingerprint density at radius 3 is 2.85 bits per heavy atom. The number of benzene rings is 1. The van der Waals surface area contributed by atoms with Crippen LogP contribution in [0.5, 0.6) is 0 Å². The molecule has 33 heavy (non-hydrogen) atoms. The van der Waals surface area contributed by atoms with Gasteiger partial charge in [0.05, 0.1) is 37.9 Å². The van der Waals surface area contributed by atoms with Gasteiger partial charge in [-0.3, -0.25) is 14.7 Å². The summed E-state index contributed by atoms with van der Waals surface area (Å²) in [5.74, 6) is -0.291. The lowest BCUT2D eigenvalue weighted by molar-refractivity contribution is -0.158. The van der Waals surface area contributed by atoms with Crippen LogP contribution in [0.15, 0.2) is 48.8 Å². The maximum absolute atomic E-state index is 13.7. The number of hydrogen-bond donors (Lipinski definition) is 2. The number of pyridine rings is 1. The number of ether oxygens (including phenoxy) is 2. The zero-order valence-electron chi connectivity index (χ0n) is 18.7. The molecule has 0 radical (unpaired) electrons. The van der Waals surface area contributed by atoms with Crippen LogP contribution in [0, 0.1) is 5.82 Å². The van der Waals surface area contributed by atoms with Gasteiger partial charge in [-0.25, -0.2) is 4.39 Å². The largest absolute Gasteiger partial charge is 0.389 e. The molecule has 8 heteroatoms. The van der Waals surface area contributed by atoms with Crippen LogP contribution >= 0.6 is 0 Å². The molecular formula is C25H32FN3O4. The SMILES string of the molecule is O=C(C[C@@H]1CC[C@H]2[C@@H](COC[C@H](O)CN2Cc2cccc(F)c2)O1)NCCc1ccncc1. The van der Waals surface area contributed by atoms with Crippen molar-refractivity contribution in [3.63, 3.8) is 0 Å². The Balaban J connectivity index is 1.31. The van der Waals surface area contributed by atoms with Crippen molar-refractivity contribution in [2.75, 3.05) is 26.3 Å². The highest BCUT2D eigenvalue weighted by molar-refractivity contribution is 5.76. The van der Waals surface area contributed by atoms with Crippen molar-refractivity contribution in [1.29, 1.82) is 0 Å². The molecule has 0 saturated carbocycles. The van der Waals surface area contributed by atoms with Crippen molar-refractivity contribution in [2.24, 2.45) is 0 Å². The van der Waals surface area contributed by atoms with E-state index >= 15 is 0 Å². The van der Waals surface area contributed by atoms with Crippen LogP contribution < -0.4 is 5.32 Å². The molecule has 2 aliphatic heterocycles. The van der Waals surface area contributed by atoms with E-state index in [2.05, 4.69) is 15.2 Å². The highest BCUT2D eigenvalue weighted by atomic mass is 19.1. The van der Waals surface area contributed by atoms with Gasteiger partial charge in [0.2, 0.25) is 5.91 Å². The van der Waals surface area contributed by atoms with Crippen molar-refractivity contribution in [1.82, 2.24) is 15.2 Å².